The summed E-state index contributed by atoms with van der Waals surface area (Å²) in [6, 6.07) is 23.7. The molecule has 0 radical (unpaired) electrons. The third-order valence-electron chi connectivity index (χ3n) is 6.32. The summed E-state index contributed by atoms with van der Waals surface area (Å²) in [5.74, 6) is -0.714. The van der Waals surface area contributed by atoms with Crippen LogP contribution in [0.15, 0.2) is 89.3 Å². The normalized spacial score (nSPS) is 21.4. The Morgan fingerprint density at radius 3 is 2.19 bits per heavy atom. The number of carbonyl (C=O) groups is 2. The number of hydrogen-bond donors (Lipinski definition) is 0. The molecule has 6 rings (SSSR count). The van der Waals surface area contributed by atoms with Crippen molar-refractivity contribution >= 4 is 58.0 Å². The Kier molecular flexibility index (Phi) is 5.77. The molecule has 2 fully saturated rings. The van der Waals surface area contributed by atoms with Gasteiger partial charge in [0.2, 0.25) is 5.91 Å². The van der Waals surface area contributed by atoms with E-state index in [0.717, 1.165) is 4.90 Å². The molecule has 0 bridgehead atoms. The number of carbonyl (C=O) groups excluding carboxylic acids is 2. The van der Waals surface area contributed by atoms with Gasteiger partial charge in [-0.3, -0.25) is 14.4 Å². The maximum absolute atomic E-state index is 13.7. The second kappa shape index (κ2) is 8.98. The summed E-state index contributed by atoms with van der Waals surface area (Å²) in [5, 5.41) is 3.07. The lowest BCUT2D eigenvalue weighted by Gasteiger charge is -2.27. The number of halogens is 3. The van der Waals surface area contributed by atoms with Gasteiger partial charge in [-0.05, 0) is 66.7 Å². The fourth-order valence-electron chi connectivity index (χ4n) is 4.69. The molecule has 6 nitrogen and oxygen atoms in total. The van der Waals surface area contributed by atoms with Gasteiger partial charge in [-0.1, -0.05) is 53.0 Å². The average Bonchev–Trinajstić information content (AvgIpc) is 3.57. The smallest absolute Gasteiger partial charge is 0.266 e. The molecule has 4 aromatic rings. The number of benzene rings is 3. The van der Waals surface area contributed by atoms with Crippen molar-refractivity contribution in [2.24, 2.45) is 5.92 Å². The fraction of sp³-hybridized carbons (Fsp3) is 0.111. The van der Waals surface area contributed by atoms with Crippen molar-refractivity contribution in [2.45, 2.75) is 12.1 Å². The van der Waals surface area contributed by atoms with Crippen molar-refractivity contribution in [3.63, 3.8) is 0 Å². The van der Waals surface area contributed by atoms with Gasteiger partial charge in [0.15, 0.2) is 6.10 Å². The van der Waals surface area contributed by atoms with E-state index < -0.39 is 24.0 Å². The summed E-state index contributed by atoms with van der Waals surface area (Å²) in [5.41, 5.74) is 1.74. The van der Waals surface area contributed by atoms with E-state index in [1.54, 1.807) is 59.7 Å². The van der Waals surface area contributed by atoms with Crippen LogP contribution < -0.4 is 9.96 Å². The molecule has 3 atom stereocenters. The minimum Gasteiger partial charge on any atom is -0.459 e. The monoisotopic (exact) mass is 538 g/mol. The van der Waals surface area contributed by atoms with Crippen LogP contribution in [0.3, 0.4) is 0 Å². The van der Waals surface area contributed by atoms with Crippen molar-refractivity contribution in [1.82, 2.24) is 0 Å². The number of rotatable bonds is 4. The molecule has 1 aromatic heterocycles. The van der Waals surface area contributed by atoms with Gasteiger partial charge in [-0.2, -0.15) is 0 Å². The Balaban J connectivity index is 1.43. The van der Waals surface area contributed by atoms with Crippen LogP contribution in [-0.4, -0.2) is 17.9 Å². The Hall–Kier alpha value is -3.29. The van der Waals surface area contributed by atoms with E-state index in [9.17, 15) is 9.59 Å². The van der Waals surface area contributed by atoms with E-state index in [1.165, 1.54) is 0 Å². The summed E-state index contributed by atoms with van der Waals surface area (Å²) in [6.45, 7) is 0. The highest BCUT2D eigenvalue weighted by Gasteiger charge is 2.61. The molecular formula is C27H17Cl3N2O4. The summed E-state index contributed by atoms with van der Waals surface area (Å²) >= 11 is 18.6. The molecule has 180 valence electrons. The predicted molar refractivity (Wildman–Crippen MR) is 138 cm³/mol. The van der Waals surface area contributed by atoms with Crippen LogP contribution in [0.2, 0.25) is 15.1 Å². The molecular weight excluding hydrogens is 523 g/mol. The van der Waals surface area contributed by atoms with Crippen LogP contribution in [-0.2, 0) is 14.4 Å². The molecule has 2 saturated heterocycles. The molecule has 0 spiro atoms. The number of amides is 2. The maximum atomic E-state index is 13.7. The van der Waals surface area contributed by atoms with Crippen molar-refractivity contribution in [1.29, 1.82) is 0 Å². The average molecular weight is 540 g/mol. The largest absolute Gasteiger partial charge is 0.459 e. The number of hydrogen-bond acceptors (Lipinski definition) is 5. The van der Waals surface area contributed by atoms with Gasteiger partial charge in [-0.25, -0.2) is 9.96 Å². The number of hydroxylamine groups is 1. The van der Waals surface area contributed by atoms with Gasteiger partial charge in [0.1, 0.15) is 23.5 Å². The zero-order valence-electron chi connectivity index (χ0n) is 18.5. The zero-order valence-corrected chi connectivity index (χ0v) is 20.7. The lowest BCUT2D eigenvalue weighted by atomic mass is 9.94. The SMILES string of the molecule is O=C1[C@H]2[C@@H](ON(c3ccccc3)[C@H]2c2ccc(-c3cc(Cl)ccc3Cl)o2)C(=O)N1c1ccc(Cl)cc1. The highest BCUT2D eigenvalue weighted by molar-refractivity contribution is 6.35. The van der Waals surface area contributed by atoms with Crippen LogP contribution in [0.1, 0.15) is 11.8 Å². The van der Waals surface area contributed by atoms with Crippen molar-refractivity contribution < 1.29 is 18.8 Å². The van der Waals surface area contributed by atoms with Crippen molar-refractivity contribution in [2.75, 3.05) is 9.96 Å². The Morgan fingerprint density at radius 1 is 0.722 bits per heavy atom. The highest BCUT2D eigenvalue weighted by atomic mass is 35.5. The van der Waals surface area contributed by atoms with E-state index >= 15 is 0 Å². The first-order valence-corrected chi connectivity index (χ1v) is 12.3. The van der Waals surface area contributed by atoms with Gasteiger partial charge in [0, 0.05) is 15.6 Å². The number of para-hydroxylation sites is 1. The van der Waals surface area contributed by atoms with Gasteiger partial charge < -0.3 is 4.42 Å². The molecule has 3 heterocycles. The molecule has 9 heteroatoms. The number of anilines is 2. The first-order chi connectivity index (χ1) is 17.4. The Morgan fingerprint density at radius 2 is 1.44 bits per heavy atom. The summed E-state index contributed by atoms with van der Waals surface area (Å²) < 4.78 is 6.23. The van der Waals surface area contributed by atoms with Crippen LogP contribution in [0.5, 0.6) is 0 Å². The van der Waals surface area contributed by atoms with Crippen molar-refractivity contribution in [3.8, 4) is 11.3 Å². The van der Waals surface area contributed by atoms with E-state index in [-0.39, 0.29) is 5.91 Å². The number of furan rings is 1. The van der Waals surface area contributed by atoms with E-state index in [4.69, 9.17) is 44.1 Å². The number of nitrogens with zero attached hydrogens (tertiary/aromatic N) is 2. The standard InChI is InChI=1S/C27H17Cl3N2O4/c28-15-6-9-17(10-7-15)31-26(33)23-24(32(36-25(23)27(31)34)18-4-2-1-3-5-18)22-13-12-21(35-22)19-14-16(29)8-11-20(19)30/h1-14,23-25H/t23-,24+,25-/m1/s1. The second-order valence-electron chi connectivity index (χ2n) is 8.47. The van der Waals surface area contributed by atoms with Gasteiger partial charge in [0.05, 0.1) is 16.4 Å². The third-order valence-corrected chi connectivity index (χ3v) is 7.14. The molecule has 2 amide bonds. The van der Waals surface area contributed by atoms with Gasteiger partial charge in [0.25, 0.3) is 5.91 Å². The Labute approximate surface area is 221 Å². The maximum Gasteiger partial charge on any atom is 0.266 e. The van der Waals surface area contributed by atoms with Crippen LogP contribution in [0.25, 0.3) is 11.3 Å². The molecule has 0 unspecified atom stereocenters. The van der Waals surface area contributed by atoms with Crippen LogP contribution >= 0.6 is 34.8 Å². The first-order valence-electron chi connectivity index (χ1n) is 11.1. The van der Waals surface area contributed by atoms with Gasteiger partial charge >= 0.3 is 0 Å². The molecule has 3 aromatic carbocycles. The van der Waals surface area contributed by atoms with E-state index in [1.807, 2.05) is 30.3 Å². The quantitative estimate of drug-likeness (QED) is 0.262. The summed E-state index contributed by atoms with van der Waals surface area (Å²) in [7, 11) is 0. The zero-order chi connectivity index (χ0) is 25.0. The van der Waals surface area contributed by atoms with E-state index in [2.05, 4.69) is 0 Å². The Bertz CT molecular complexity index is 1470. The van der Waals surface area contributed by atoms with Crippen LogP contribution in [0.4, 0.5) is 11.4 Å². The molecule has 0 aliphatic carbocycles. The predicted octanol–water partition coefficient (Wildman–Crippen LogP) is 6.96. The molecule has 0 saturated carbocycles. The summed E-state index contributed by atoms with van der Waals surface area (Å²) in [4.78, 5) is 34.4. The van der Waals surface area contributed by atoms with Crippen LogP contribution in [0, 0.1) is 5.92 Å². The summed E-state index contributed by atoms with van der Waals surface area (Å²) in [6.07, 6.45) is -1.01. The lowest BCUT2D eigenvalue weighted by molar-refractivity contribution is -0.126. The molecule has 2 aliphatic heterocycles. The fourth-order valence-corrected chi connectivity index (χ4v) is 5.20. The second-order valence-corrected chi connectivity index (χ2v) is 9.75. The third kappa shape index (κ3) is 3.78. The molecule has 0 N–H and O–H groups in total. The highest BCUT2D eigenvalue weighted by Crippen LogP contribution is 2.48. The van der Waals surface area contributed by atoms with Crippen molar-refractivity contribution in [3.05, 3.63) is 106 Å². The van der Waals surface area contributed by atoms with E-state index in [0.29, 0.717) is 43.5 Å². The lowest BCUT2D eigenvalue weighted by Crippen LogP contribution is -2.37. The minimum atomic E-state index is -1.01. The molecule has 36 heavy (non-hydrogen) atoms. The minimum absolute atomic E-state index is 0.380. The number of imide groups is 1. The van der Waals surface area contributed by atoms with Gasteiger partial charge in [-0.15, -0.1) is 0 Å². The number of fused-ring (bicyclic) bond motifs is 1. The first kappa shape index (κ1) is 23.1. The molecule has 2 aliphatic rings. The topological polar surface area (TPSA) is 63.0 Å².